The third-order valence-corrected chi connectivity index (χ3v) is 7.25. The molecule has 3 rings (SSSR count). The van der Waals surface area contributed by atoms with Crippen molar-refractivity contribution in [1.29, 1.82) is 0 Å². The number of nitrogens with zero attached hydrogens (tertiary/aromatic N) is 6. The zero-order valence-corrected chi connectivity index (χ0v) is 17.9. The highest BCUT2D eigenvalue weighted by Crippen LogP contribution is 2.21. The lowest BCUT2D eigenvalue weighted by Crippen LogP contribution is -2.52. The van der Waals surface area contributed by atoms with Crippen LogP contribution in [-0.2, 0) is 28.4 Å². The first-order chi connectivity index (χ1) is 12.7. The van der Waals surface area contributed by atoms with Gasteiger partial charge in [0.1, 0.15) is 4.90 Å². The third-order valence-electron chi connectivity index (χ3n) is 4.84. The maximum absolute atomic E-state index is 12.8. The molecule has 2 aromatic rings. The van der Waals surface area contributed by atoms with Gasteiger partial charge in [-0.2, -0.15) is 14.5 Å². The van der Waals surface area contributed by atoms with E-state index in [0.717, 1.165) is 4.47 Å². The van der Waals surface area contributed by atoms with E-state index in [-0.39, 0.29) is 29.8 Å². The fourth-order valence-corrected chi connectivity index (χ4v) is 5.06. The second-order valence-electron chi connectivity index (χ2n) is 6.73. The number of sulfonamides is 1. The Balaban J connectivity index is 1.61. The van der Waals surface area contributed by atoms with E-state index >= 15 is 0 Å². The number of aryl methyl sites for hydroxylation is 1. The number of aromatic nitrogens is 4. The molecule has 0 spiro atoms. The fraction of sp³-hybridized carbons (Fsp3) is 0.562. The van der Waals surface area contributed by atoms with Crippen LogP contribution in [0.5, 0.6) is 0 Å². The number of carbonyl (C=O) groups excluding carboxylic acids is 1. The Morgan fingerprint density at radius 2 is 1.89 bits per heavy atom. The zero-order valence-electron chi connectivity index (χ0n) is 15.5. The quantitative estimate of drug-likeness (QED) is 0.661. The minimum atomic E-state index is -3.59. The summed E-state index contributed by atoms with van der Waals surface area (Å²) in [4.78, 5) is 14.6. The topological polar surface area (TPSA) is 93.3 Å². The highest BCUT2D eigenvalue weighted by Gasteiger charge is 2.33. The molecule has 11 heteroatoms. The van der Waals surface area contributed by atoms with Crippen LogP contribution in [0.25, 0.3) is 0 Å². The molecule has 1 atom stereocenters. The van der Waals surface area contributed by atoms with Gasteiger partial charge in [-0.05, 0) is 22.9 Å². The van der Waals surface area contributed by atoms with Gasteiger partial charge < -0.3 is 4.90 Å². The average molecular weight is 459 g/mol. The summed E-state index contributed by atoms with van der Waals surface area (Å²) in [6.07, 6.45) is 4.89. The molecule has 1 aliphatic rings. The zero-order chi connectivity index (χ0) is 19.8. The summed E-state index contributed by atoms with van der Waals surface area (Å²) in [5, 5.41) is 8.20. The van der Waals surface area contributed by atoms with Crippen molar-refractivity contribution in [1.82, 2.24) is 28.8 Å². The number of halogens is 1. The number of rotatable bonds is 5. The average Bonchev–Trinajstić information content (AvgIpc) is 3.20. The van der Waals surface area contributed by atoms with Crippen LogP contribution in [0.15, 0.2) is 28.0 Å². The third kappa shape index (κ3) is 4.09. The molecule has 3 heterocycles. The number of amides is 1. The molecule has 1 unspecified atom stereocenters. The molecule has 1 fully saturated rings. The van der Waals surface area contributed by atoms with E-state index in [9.17, 15) is 13.2 Å². The molecule has 0 bridgehead atoms. The molecule has 0 saturated carbocycles. The van der Waals surface area contributed by atoms with Crippen LogP contribution in [-0.4, -0.2) is 69.3 Å². The molecule has 1 aliphatic heterocycles. The van der Waals surface area contributed by atoms with E-state index in [4.69, 9.17) is 0 Å². The molecule has 0 aliphatic carbocycles. The molecule has 0 aromatic carbocycles. The monoisotopic (exact) mass is 458 g/mol. The van der Waals surface area contributed by atoms with Crippen molar-refractivity contribution in [3.8, 4) is 0 Å². The van der Waals surface area contributed by atoms with Crippen LogP contribution in [0, 0.1) is 12.8 Å². The highest BCUT2D eigenvalue weighted by atomic mass is 79.9. The van der Waals surface area contributed by atoms with Crippen molar-refractivity contribution in [3.63, 3.8) is 0 Å². The van der Waals surface area contributed by atoms with Crippen molar-refractivity contribution in [3.05, 3.63) is 28.8 Å². The summed E-state index contributed by atoms with van der Waals surface area (Å²) in [5.74, 6) is -0.225. The summed E-state index contributed by atoms with van der Waals surface area (Å²) in [6, 6.07) is 0. The van der Waals surface area contributed by atoms with Crippen molar-refractivity contribution >= 4 is 31.9 Å². The SMILES string of the molecule is Cc1c(S(=O)(=O)N2CCN(C(=O)C(C)Cn3cc(Br)cn3)CC2)cnn1C. The Hall–Kier alpha value is -1.72. The van der Waals surface area contributed by atoms with Crippen LogP contribution in [0.1, 0.15) is 12.6 Å². The van der Waals surface area contributed by atoms with E-state index < -0.39 is 10.0 Å². The first-order valence-electron chi connectivity index (χ1n) is 8.65. The van der Waals surface area contributed by atoms with E-state index in [1.165, 1.54) is 10.5 Å². The Morgan fingerprint density at radius 3 is 2.41 bits per heavy atom. The Kier molecular flexibility index (Phi) is 5.73. The van der Waals surface area contributed by atoms with Crippen LogP contribution in [0.2, 0.25) is 0 Å². The van der Waals surface area contributed by atoms with E-state index in [2.05, 4.69) is 26.1 Å². The summed E-state index contributed by atoms with van der Waals surface area (Å²) in [7, 11) is -1.88. The smallest absolute Gasteiger partial charge is 0.246 e. The summed E-state index contributed by atoms with van der Waals surface area (Å²) in [6.45, 7) is 5.40. The maximum Gasteiger partial charge on any atom is 0.246 e. The van der Waals surface area contributed by atoms with Gasteiger partial charge >= 0.3 is 0 Å². The molecule has 0 N–H and O–H groups in total. The van der Waals surface area contributed by atoms with Crippen LogP contribution >= 0.6 is 15.9 Å². The first-order valence-corrected chi connectivity index (χ1v) is 10.9. The van der Waals surface area contributed by atoms with Gasteiger partial charge in [0.15, 0.2) is 0 Å². The number of carbonyl (C=O) groups is 1. The summed E-state index contributed by atoms with van der Waals surface area (Å²) in [5.41, 5.74) is 0.604. The number of hydrogen-bond donors (Lipinski definition) is 0. The molecule has 1 amide bonds. The molecule has 2 aromatic heterocycles. The Morgan fingerprint density at radius 1 is 1.22 bits per heavy atom. The molecule has 0 radical (unpaired) electrons. The fourth-order valence-electron chi connectivity index (χ4n) is 3.13. The second kappa shape index (κ2) is 7.72. The molecule has 148 valence electrons. The van der Waals surface area contributed by atoms with Gasteiger partial charge in [0.05, 0.1) is 35.0 Å². The molecule has 1 saturated heterocycles. The Labute approximate surface area is 167 Å². The minimum absolute atomic E-state index is 0.0104. The summed E-state index contributed by atoms with van der Waals surface area (Å²) < 4.78 is 31.2. The van der Waals surface area contributed by atoms with Crippen molar-refractivity contribution in [2.75, 3.05) is 26.2 Å². The molecular formula is C16H23BrN6O3S. The van der Waals surface area contributed by atoms with Gasteiger partial charge in [0, 0.05) is 39.4 Å². The lowest BCUT2D eigenvalue weighted by Gasteiger charge is -2.35. The van der Waals surface area contributed by atoms with Gasteiger partial charge in [-0.15, -0.1) is 0 Å². The molecular weight excluding hydrogens is 436 g/mol. The van der Waals surface area contributed by atoms with Crippen LogP contribution in [0.3, 0.4) is 0 Å². The number of piperazine rings is 1. The highest BCUT2D eigenvalue weighted by molar-refractivity contribution is 9.10. The van der Waals surface area contributed by atoms with Gasteiger partial charge in [-0.25, -0.2) is 8.42 Å². The molecule has 27 heavy (non-hydrogen) atoms. The normalized spacial score (nSPS) is 17.3. The van der Waals surface area contributed by atoms with Crippen molar-refractivity contribution in [2.45, 2.75) is 25.3 Å². The van der Waals surface area contributed by atoms with Gasteiger partial charge in [0.2, 0.25) is 15.9 Å². The standard InChI is InChI=1S/C16H23BrN6O3S/c1-12(10-22-11-14(17)8-19-22)16(24)21-4-6-23(7-5-21)27(25,26)15-9-18-20(3)13(15)2/h8-9,11-12H,4-7,10H2,1-3H3. The van der Waals surface area contributed by atoms with Crippen LogP contribution < -0.4 is 0 Å². The van der Waals surface area contributed by atoms with E-state index in [0.29, 0.717) is 25.3 Å². The van der Waals surface area contributed by atoms with E-state index in [1.807, 2.05) is 13.1 Å². The predicted molar refractivity (Wildman–Crippen MR) is 102 cm³/mol. The van der Waals surface area contributed by atoms with Gasteiger partial charge in [0.25, 0.3) is 0 Å². The van der Waals surface area contributed by atoms with Gasteiger partial charge in [-0.1, -0.05) is 6.92 Å². The van der Waals surface area contributed by atoms with Gasteiger partial charge in [-0.3, -0.25) is 14.2 Å². The van der Waals surface area contributed by atoms with Crippen molar-refractivity contribution in [2.24, 2.45) is 13.0 Å². The van der Waals surface area contributed by atoms with Crippen molar-refractivity contribution < 1.29 is 13.2 Å². The predicted octanol–water partition coefficient (Wildman–Crippen LogP) is 0.857. The Bertz CT molecular complexity index is 930. The maximum atomic E-state index is 12.8. The second-order valence-corrected chi connectivity index (χ2v) is 9.55. The van der Waals surface area contributed by atoms with E-state index in [1.54, 1.807) is 34.4 Å². The first kappa shape index (κ1) is 20.0. The van der Waals surface area contributed by atoms with Crippen LogP contribution in [0.4, 0.5) is 0 Å². The summed E-state index contributed by atoms with van der Waals surface area (Å²) >= 11 is 3.34. The molecule has 9 nitrogen and oxygen atoms in total. The lowest BCUT2D eigenvalue weighted by atomic mass is 10.1. The lowest BCUT2D eigenvalue weighted by molar-refractivity contribution is -0.136. The number of hydrogen-bond acceptors (Lipinski definition) is 5. The largest absolute Gasteiger partial charge is 0.340 e. The minimum Gasteiger partial charge on any atom is -0.340 e.